The summed E-state index contributed by atoms with van der Waals surface area (Å²) >= 11 is 0. The van der Waals surface area contributed by atoms with Crippen molar-refractivity contribution in [3.63, 3.8) is 0 Å². The van der Waals surface area contributed by atoms with Gasteiger partial charge in [0.15, 0.2) is 5.78 Å². The summed E-state index contributed by atoms with van der Waals surface area (Å²) in [4.78, 5) is 14.5. The van der Waals surface area contributed by atoms with Gasteiger partial charge in [-0.3, -0.25) is 4.79 Å². The number of Topliss-reactive ketones (excluding diaryl/α,β-unsaturated/α-hetero) is 1. The van der Waals surface area contributed by atoms with Crippen molar-refractivity contribution in [2.45, 2.75) is 12.8 Å². The number of carbonyl (C=O) groups excluding carboxylic acids is 1. The van der Waals surface area contributed by atoms with Crippen LogP contribution in [0.3, 0.4) is 0 Å². The zero-order chi connectivity index (χ0) is 11.0. The Hall–Kier alpha value is -0.930. The Kier molecular flexibility index (Phi) is 2.65. The molecular weight excluding hydrogens is 236 g/mol. The fraction of sp³-hybridized carbons (Fsp3) is 0.154. The van der Waals surface area contributed by atoms with E-state index in [1.807, 2.05) is 24.3 Å². The molecule has 0 radical (unpaired) electrons. The molecule has 3 heteroatoms. The van der Waals surface area contributed by atoms with Crippen molar-refractivity contribution in [3.05, 3.63) is 45.9 Å². The predicted molar refractivity (Wildman–Crippen MR) is 76.0 cm³/mol. The molecule has 1 fully saturated rings. The van der Waals surface area contributed by atoms with Crippen LogP contribution in [0.1, 0.15) is 12.8 Å². The zero-order valence-corrected chi connectivity index (χ0v) is 10.4. The Labute approximate surface area is 100 Å². The summed E-state index contributed by atoms with van der Waals surface area (Å²) in [6.07, 6.45) is 10.1. The third-order valence-corrected chi connectivity index (χ3v) is 6.50. The second-order valence-corrected chi connectivity index (χ2v) is 7.29. The molecule has 2 aliphatic heterocycles. The normalized spacial score (nSPS) is 24.6. The van der Waals surface area contributed by atoms with Crippen LogP contribution < -0.4 is 0 Å². The number of rotatable bonds is 0. The van der Waals surface area contributed by atoms with Gasteiger partial charge in [-0.25, -0.2) is 0 Å². The van der Waals surface area contributed by atoms with E-state index in [0.717, 1.165) is 22.6 Å². The van der Waals surface area contributed by atoms with Gasteiger partial charge in [0.05, 0.1) is 0 Å². The standard InChI is InChI=1S/C13H12OS2/c14-13-11(15-7-1-2-8-15)5-6-12(13)16-9-3-4-10-16/h1-4,7-10H,5-6H2. The molecule has 82 valence electrons. The van der Waals surface area contributed by atoms with Crippen LogP contribution in [-0.4, -0.2) is 15.5 Å². The summed E-state index contributed by atoms with van der Waals surface area (Å²) in [6, 6.07) is 0. The van der Waals surface area contributed by atoms with Gasteiger partial charge >= 0.3 is 0 Å². The second-order valence-electron chi connectivity index (χ2n) is 3.73. The summed E-state index contributed by atoms with van der Waals surface area (Å²) in [5.74, 6) is 0.332. The van der Waals surface area contributed by atoms with Crippen molar-refractivity contribution in [2.75, 3.05) is 0 Å². The van der Waals surface area contributed by atoms with Gasteiger partial charge < -0.3 is 0 Å². The van der Waals surface area contributed by atoms with Crippen LogP contribution >= 0.6 is 21.0 Å². The third-order valence-electron chi connectivity index (χ3n) is 2.78. The molecule has 0 unspecified atom stereocenters. The van der Waals surface area contributed by atoms with Gasteiger partial charge in [-0.1, -0.05) is 24.3 Å². The van der Waals surface area contributed by atoms with Gasteiger partial charge in [-0.05, 0) is 34.5 Å². The van der Waals surface area contributed by atoms with Crippen molar-refractivity contribution in [1.29, 1.82) is 0 Å². The van der Waals surface area contributed by atoms with E-state index in [2.05, 4.69) is 21.6 Å². The molecule has 2 heterocycles. The Morgan fingerprint density at radius 3 is 1.50 bits per heavy atom. The monoisotopic (exact) mass is 248 g/mol. The molecule has 0 atom stereocenters. The van der Waals surface area contributed by atoms with Gasteiger partial charge in [0.2, 0.25) is 0 Å². The van der Waals surface area contributed by atoms with Crippen LogP contribution in [-0.2, 0) is 4.79 Å². The summed E-state index contributed by atoms with van der Waals surface area (Å²) in [5, 5.41) is 8.55. The van der Waals surface area contributed by atoms with E-state index in [1.54, 1.807) is 0 Å². The maximum Gasteiger partial charge on any atom is 0.197 e. The molecular formula is C13H12OS2. The highest BCUT2D eigenvalue weighted by Gasteiger charge is 2.27. The number of ketones is 1. The lowest BCUT2D eigenvalue weighted by Crippen LogP contribution is -2.12. The first-order chi connectivity index (χ1) is 7.86. The first-order valence-electron chi connectivity index (χ1n) is 5.26. The molecule has 0 aromatic carbocycles. The fourth-order valence-corrected chi connectivity index (χ4v) is 5.29. The van der Waals surface area contributed by atoms with E-state index in [-0.39, 0.29) is 21.0 Å². The van der Waals surface area contributed by atoms with E-state index in [4.69, 9.17) is 0 Å². The average molecular weight is 248 g/mol. The highest BCUT2D eigenvalue weighted by molar-refractivity contribution is 8.24. The van der Waals surface area contributed by atoms with Crippen molar-refractivity contribution in [3.8, 4) is 0 Å². The van der Waals surface area contributed by atoms with Crippen LogP contribution in [0.2, 0.25) is 0 Å². The zero-order valence-electron chi connectivity index (χ0n) is 8.76. The van der Waals surface area contributed by atoms with Gasteiger partial charge in [-0.2, -0.15) is 0 Å². The molecule has 1 aliphatic carbocycles. The van der Waals surface area contributed by atoms with Crippen molar-refractivity contribution in [1.82, 2.24) is 0 Å². The average Bonchev–Trinajstić information content (AvgIpc) is 2.96. The largest absolute Gasteiger partial charge is 0.288 e. The first kappa shape index (κ1) is 10.2. The van der Waals surface area contributed by atoms with Gasteiger partial charge in [-0.15, -0.1) is 21.0 Å². The Balaban J connectivity index is 2.03. The van der Waals surface area contributed by atoms with Crippen LogP contribution in [0.25, 0.3) is 0 Å². The van der Waals surface area contributed by atoms with E-state index in [1.165, 1.54) is 0 Å². The molecule has 3 rings (SSSR count). The lowest BCUT2D eigenvalue weighted by molar-refractivity contribution is -0.106. The van der Waals surface area contributed by atoms with E-state index >= 15 is 0 Å². The Morgan fingerprint density at radius 1 is 0.750 bits per heavy atom. The van der Waals surface area contributed by atoms with Gasteiger partial charge in [0.1, 0.15) is 0 Å². The Morgan fingerprint density at radius 2 is 1.12 bits per heavy atom. The van der Waals surface area contributed by atoms with Crippen LogP contribution in [0, 0.1) is 0 Å². The first-order valence-corrected chi connectivity index (χ1v) is 7.96. The molecule has 3 aliphatic rings. The van der Waals surface area contributed by atoms with Gasteiger partial charge in [0, 0.05) is 9.73 Å². The lowest BCUT2D eigenvalue weighted by Gasteiger charge is -2.00. The number of hydrogen-bond donors (Lipinski definition) is 0. The molecule has 1 nitrogen and oxygen atoms in total. The molecule has 0 aromatic rings. The summed E-state index contributed by atoms with van der Waals surface area (Å²) in [6.45, 7) is 0. The lowest BCUT2D eigenvalue weighted by atomic mass is 10.3. The topological polar surface area (TPSA) is 17.1 Å². The smallest absolute Gasteiger partial charge is 0.197 e. The second kappa shape index (κ2) is 4.15. The van der Waals surface area contributed by atoms with Gasteiger partial charge in [0.25, 0.3) is 0 Å². The minimum absolute atomic E-state index is 0.0121. The molecule has 0 aromatic heterocycles. The third kappa shape index (κ3) is 1.64. The molecule has 0 spiro atoms. The molecule has 0 amide bonds. The summed E-state index contributed by atoms with van der Waals surface area (Å²) < 4.78 is 0. The number of hydrogen-bond acceptors (Lipinski definition) is 1. The molecule has 16 heavy (non-hydrogen) atoms. The number of carbonyl (C=O) groups is 1. The summed E-state index contributed by atoms with van der Waals surface area (Å²) in [7, 11) is -0.0241. The molecule has 1 saturated carbocycles. The highest BCUT2D eigenvalue weighted by Crippen LogP contribution is 2.34. The minimum atomic E-state index is -0.0121. The van der Waals surface area contributed by atoms with Crippen molar-refractivity contribution >= 4 is 36.5 Å². The van der Waals surface area contributed by atoms with E-state index in [0.29, 0.717) is 5.78 Å². The highest BCUT2D eigenvalue weighted by atomic mass is 32.2. The maximum absolute atomic E-state index is 12.3. The van der Waals surface area contributed by atoms with E-state index in [9.17, 15) is 4.79 Å². The van der Waals surface area contributed by atoms with Crippen molar-refractivity contribution < 1.29 is 4.79 Å². The minimum Gasteiger partial charge on any atom is -0.288 e. The Bertz CT molecular complexity index is 466. The molecule has 0 N–H and O–H groups in total. The maximum atomic E-state index is 12.3. The SMILES string of the molecule is O=C1C(=S2C=CC=C2)CCC1=S1C=CC=C1. The molecule has 0 saturated heterocycles. The van der Waals surface area contributed by atoms with E-state index < -0.39 is 0 Å². The summed E-state index contributed by atoms with van der Waals surface area (Å²) in [5.41, 5.74) is 0. The van der Waals surface area contributed by atoms with Crippen LogP contribution in [0.4, 0.5) is 0 Å². The predicted octanol–water partition coefficient (Wildman–Crippen LogP) is 3.31. The van der Waals surface area contributed by atoms with Crippen LogP contribution in [0.15, 0.2) is 45.9 Å². The van der Waals surface area contributed by atoms with Crippen LogP contribution in [0.5, 0.6) is 0 Å². The molecule has 0 bridgehead atoms. The number of allylic oxidation sites excluding steroid dienone is 4. The fourth-order valence-electron chi connectivity index (χ4n) is 2.00. The quantitative estimate of drug-likeness (QED) is 0.601. The van der Waals surface area contributed by atoms with Crippen molar-refractivity contribution in [2.24, 2.45) is 0 Å².